The number of H-pyrrole nitrogens is 1. The van der Waals surface area contributed by atoms with Crippen LogP contribution in [-0.2, 0) is 11.3 Å². The first-order valence-electron chi connectivity index (χ1n) is 14.5. The Morgan fingerprint density at radius 2 is 1.88 bits per heavy atom. The van der Waals surface area contributed by atoms with E-state index in [9.17, 15) is 9.90 Å². The van der Waals surface area contributed by atoms with E-state index in [0.717, 1.165) is 85.6 Å². The van der Waals surface area contributed by atoms with Gasteiger partial charge in [-0.25, -0.2) is 9.97 Å². The molecule has 216 valence electrons. The zero-order valence-corrected chi connectivity index (χ0v) is 24.1. The van der Waals surface area contributed by atoms with Gasteiger partial charge < -0.3 is 29.2 Å². The molecule has 3 aromatic heterocycles. The molecule has 10 nitrogen and oxygen atoms in total. The second-order valence-electron chi connectivity index (χ2n) is 11.3. The maximum atomic E-state index is 12.6. The summed E-state index contributed by atoms with van der Waals surface area (Å²) in [5, 5.41) is 15.6. The van der Waals surface area contributed by atoms with Crippen molar-refractivity contribution in [3.05, 3.63) is 75.7 Å². The minimum absolute atomic E-state index is 0.189. The maximum Gasteiger partial charge on any atom is 0.255 e. The molecule has 0 saturated carbocycles. The standard InChI is InChI=1S/C31H39N7O3/c1-20-27(31(40)35-21(2)34-20)19-33-30(39)26-16-23(17-28-25(26)6-9-38(28)24-7-14-41-15-8-24)22-4-5-29(32-18-22)37-12-10-36(3)11-13-37/h4-6,9,16-18,24,30,33,39H,7-8,10-15,19H2,1-3H3,(H,34,35,40). The fourth-order valence-corrected chi connectivity index (χ4v) is 6.01. The number of benzene rings is 1. The van der Waals surface area contributed by atoms with E-state index < -0.39 is 6.23 Å². The molecule has 2 fully saturated rings. The average molecular weight is 558 g/mol. The van der Waals surface area contributed by atoms with Crippen molar-refractivity contribution in [1.82, 2.24) is 29.7 Å². The van der Waals surface area contributed by atoms with Crippen LogP contribution >= 0.6 is 0 Å². The molecule has 2 aliphatic rings. The summed E-state index contributed by atoms with van der Waals surface area (Å²) in [5.74, 6) is 1.57. The fraction of sp³-hybridized carbons (Fsp3) is 0.452. The van der Waals surface area contributed by atoms with Crippen molar-refractivity contribution in [2.75, 3.05) is 51.3 Å². The number of ether oxygens (including phenoxy) is 1. The maximum absolute atomic E-state index is 12.6. The van der Waals surface area contributed by atoms with Gasteiger partial charge in [-0.2, -0.15) is 0 Å². The Hall–Kier alpha value is -3.57. The van der Waals surface area contributed by atoms with Gasteiger partial charge >= 0.3 is 0 Å². The van der Waals surface area contributed by atoms with Gasteiger partial charge in [0.25, 0.3) is 5.56 Å². The number of likely N-dealkylation sites (N-methyl/N-ethyl adjacent to an activating group) is 1. The molecule has 10 heteroatoms. The van der Waals surface area contributed by atoms with Gasteiger partial charge in [0.2, 0.25) is 0 Å². The average Bonchev–Trinajstić information content (AvgIpc) is 3.41. The van der Waals surface area contributed by atoms with Crippen LogP contribution in [0.4, 0.5) is 5.82 Å². The summed E-state index contributed by atoms with van der Waals surface area (Å²) >= 11 is 0. The molecule has 1 atom stereocenters. The summed E-state index contributed by atoms with van der Waals surface area (Å²) in [6, 6.07) is 10.9. The normalized spacial score (nSPS) is 17.8. The number of pyridine rings is 1. The highest BCUT2D eigenvalue weighted by atomic mass is 16.5. The largest absolute Gasteiger partial charge is 0.381 e. The van der Waals surface area contributed by atoms with Crippen molar-refractivity contribution in [2.45, 2.75) is 45.5 Å². The Labute approximate surface area is 240 Å². The summed E-state index contributed by atoms with van der Waals surface area (Å²) in [5.41, 5.74) is 4.80. The molecule has 0 radical (unpaired) electrons. The van der Waals surface area contributed by atoms with Crippen LogP contribution < -0.4 is 15.8 Å². The van der Waals surface area contributed by atoms with E-state index in [1.807, 2.05) is 19.2 Å². The minimum atomic E-state index is -0.985. The van der Waals surface area contributed by atoms with Crippen LogP contribution in [0.15, 0.2) is 47.5 Å². The van der Waals surface area contributed by atoms with Crippen molar-refractivity contribution >= 4 is 16.7 Å². The Balaban J connectivity index is 1.34. The Bertz CT molecular complexity index is 1570. The molecule has 1 unspecified atom stereocenters. The molecule has 0 bridgehead atoms. The lowest BCUT2D eigenvalue weighted by Gasteiger charge is -2.33. The van der Waals surface area contributed by atoms with Crippen LogP contribution in [0.3, 0.4) is 0 Å². The number of hydrogen-bond acceptors (Lipinski definition) is 8. The van der Waals surface area contributed by atoms with Crippen molar-refractivity contribution in [3.8, 4) is 11.1 Å². The third-order valence-electron chi connectivity index (χ3n) is 8.47. The molecule has 1 aromatic carbocycles. The van der Waals surface area contributed by atoms with E-state index in [1.165, 1.54) is 0 Å². The molecule has 4 aromatic rings. The second kappa shape index (κ2) is 11.7. The molecule has 2 saturated heterocycles. The summed E-state index contributed by atoms with van der Waals surface area (Å²) in [6.07, 6.45) is 4.97. The van der Waals surface area contributed by atoms with E-state index in [-0.39, 0.29) is 12.1 Å². The predicted octanol–water partition coefficient (Wildman–Crippen LogP) is 3.29. The lowest BCUT2D eigenvalue weighted by atomic mass is 9.99. The highest BCUT2D eigenvalue weighted by molar-refractivity contribution is 5.89. The number of hydrogen-bond donors (Lipinski definition) is 3. The Kier molecular flexibility index (Phi) is 7.90. The molecular formula is C31H39N7O3. The topological polar surface area (TPSA) is 112 Å². The van der Waals surface area contributed by atoms with Gasteiger partial charge in [-0.3, -0.25) is 10.1 Å². The van der Waals surface area contributed by atoms with Gasteiger partial charge in [-0.15, -0.1) is 0 Å². The Morgan fingerprint density at radius 3 is 2.59 bits per heavy atom. The highest BCUT2D eigenvalue weighted by Crippen LogP contribution is 2.35. The molecule has 5 heterocycles. The van der Waals surface area contributed by atoms with Gasteiger partial charge in [-0.1, -0.05) is 0 Å². The number of nitrogens with one attached hydrogen (secondary N) is 2. The first-order chi connectivity index (χ1) is 19.9. The first-order valence-corrected chi connectivity index (χ1v) is 14.5. The number of aromatic nitrogens is 4. The van der Waals surface area contributed by atoms with Crippen LogP contribution in [0, 0.1) is 13.8 Å². The smallest absolute Gasteiger partial charge is 0.255 e. The molecule has 3 N–H and O–H groups in total. The van der Waals surface area contributed by atoms with Crippen molar-refractivity contribution in [3.63, 3.8) is 0 Å². The summed E-state index contributed by atoms with van der Waals surface area (Å²) < 4.78 is 7.94. The van der Waals surface area contributed by atoms with Crippen LogP contribution in [0.1, 0.15) is 47.8 Å². The predicted molar refractivity (Wildman–Crippen MR) is 160 cm³/mol. The van der Waals surface area contributed by atoms with Crippen molar-refractivity contribution in [1.29, 1.82) is 0 Å². The van der Waals surface area contributed by atoms with E-state index in [0.29, 0.717) is 23.1 Å². The SMILES string of the molecule is Cc1nc(C)c(CNC(O)c2cc(-c3ccc(N4CCN(C)CC4)nc3)cc3c2ccn3C2CCOCC2)c(=O)[nH]1. The number of aromatic amines is 1. The van der Waals surface area contributed by atoms with Crippen LogP contribution in [-0.4, -0.2) is 76.0 Å². The van der Waals surface area contributed by atoms with Gasteiger partial charge in [-0.05, 0) is 69.6 Å². The summed E-state index contributed by atoms with van der Waals surface area (Å²) in [4.78, 5) is 29.2. The second-order valence-corrected chi connectivity index (χ2v) is 11.3. The Morgan fingerprint density at radius 1 is 1.10 bits per heavy atom. The molecule has 0 aliphatic carbocycles. The number of fused-ring (bicyclic) bond motifs is 1. The van der Waals surface area contributed by atoms with Gasteiger partial charge in [0, 0.05) is 92.1 Å². The monoisotopic (exact) mass is 557 g/mol. The third kappa shape index (κ3) is 5.78. The van der Waals surface area contributed by atoms with Crippen molar-refractivity contribution in [2.24, 2.45) is 0 Å². The summed E-state index contributed by atoms with van der Waals surface area (Å²) in [6.45, 7) is 9.26. The van der Waals surface area contributed by atoms with E-state index in [4.69, 9.17) is 9.72 Å². The zero-order valence-electron chi connectivity index (χ0n) is 24.1. The molecule has 0 spiro atoms. The van der Waals surface area contributed by atoms with E-state index >= 15 is 0 Å². The molecule has 2 aliphatic heterocycles. The number of piperazine rings is 1. The number of nitrogens with zero attached hydrogens (tertiary/aromatic N) is 5. The third-order valence-corrected chi connectivity index (χ3v) is 8.47. The fourth-order valence-electron chi connectivity index (χ4n) is 6.01. The van der Waals surface area contributed by atoms with Crippen LogP contribution in [0.5, 0.6) is 0 Å². The van der Waals surface area contributed by atoms with Crippen molar-refractivity contribution < 1.29 is 9.84 Å². The van der Waals surface area contributed by atoms with Gasteiger partial charge in [0.1, 0.15) is 17.9 Å². The lowest BCUT2D eigenvalue weighted by molar-refractivity contribution is 0.0707. The number of aryl methyl sites for hydroxylation is 2. The molecule has 6 rings (SSSR count). The lowest BCUT2D eigenvalue weighted by Crippen LogP contribution is -2.44. The number of rotatable bonds is 7. The molecule has 0 amide bonds. The number of aliphatic hydroxyl groups excluding tert-OH is 1. The molecular weight excluding hydrogens is 518 g/mol. The van der Waals surface area contributed by atoms with Crippen LogP contribution in [0.2, 0.25) is 0 Å². The quantitative estimate of drug-likeness (QED) is 0.297. The number of anilines is 1. The van der Waals surface area contributed by atoms with Gasteiger partial charge in [0.15, 0.2) is 0 Å². The highest BCUT2D eigenvalue weighted by Gasteiger charge is 2.22. The zero-order chi connectivity index (χ0) is 28.5. The first kappa shape index (κ1) is 27.6. The van der Waals surface area contributed by atoms with Crippen LogP contribution in [0.25, 0.3) is 22.0 Å². The van der Waals surface area contributed by atoms with Gasteiger partial charge in [0.05, 0.1) is 5.56 Å². The van der Waals surface area contributed by atoms with E-state index in [2.05, 4.69) is 67.2 Å². The van der Waals surface area contributed by atoms with E-state index in [1.54, 1.807) is 6.92 Å². The number of aliphatic hydroxyl groups is 1. The molecule has 41 heavy (non-hydrogen) atoms. The minimum Gasteiger partial charge on any atom is -0.381 e. The summed E-state index contributed by atoms with van der Waals surface area (Å²) in [7, 11) is 2.15.